The van der Waals surface area contributed by atoms with Crippen molar-refractivity contribution in [3.63, 3.8) is 0 Å². The highest BCUT2D eigenvalue weighted by molar-refractivity contribution is 7.92. The second-order valence-corrected chi connectivity index (χ2v) is 16.4. The van der Waals surface area contributed by atoms with Gasteiger partial charge in [-0.2, -0.15) is 4.31 Å². The van der Waals surface area contributed by atoms with Crippen LogP contribution in [0.4, 0.5) is 14.5 Å². The predicted molar refractivity (Wildman–Crippen MR) is 160 cm³/mol. The molecule has 2 fully saturated rings. The van der Waals surface area contributed by atoms with Gasteiger partial charge in [0.05, 0.1) is 20.7 Å². The number of rotatable bonds is 5. The van der Waals surface area contributed by atoms with E-state index >= 15 is 0 Å². The molecule has 0 bridgehead atoms. The van der Waals surface area contributed by atoms with E-state index in [0.29, 0.717) is 35.1 Å². The van der Waals surface area contributed by atoms with Crippen molar-refractivity contribution in [1.29, 1.82) is 0 Å². The molecule has 0 radical (unpaired) electrons. The van der Waals surface area contributed by atoms with E-state index in [2.05, 4.69) is 19.0 Å². The Hall–Kier alpha value is -3.35. The van der Waals surface area contributed by atoms with Gasteiger partial charge in [0.2, 0.25) is 10.0 Å². The Bertz CT molecular complexity index is 1840. The van der Waals surface area contributed by atoms with Crippen molar-refractivity contribution in [2.24, 2.45) is 10.6 Å². The molecule has 1 heterocycles. The van der Waals surface area contributed by atoms with Gasteiger partial charge in [0, 0.05) is 43.4 Å². The Morgan fingerprint density at radius 3 is 1.98 bits per heavy atom. The molecule has 0 amide bonds. The first-order chi connectivity index (χ1) is 20.3. The molecule has 1 aliphatic heterocycles. The molecule has 12 heteroatoms. The lowest BCUT2D eigenvalue weighted by molar-refractivity contribution is 0.246. The fourth-order valence-electron chi connectivity index (χ4n) is 6.42. The fraction of sp³-hybridized carbons (Fsp3) is 0.387. The van der Waals surface area contributed by atoms with Crippen molar-refractivity contribution in [2.45, 2.75) is 54.6 Å². The Labute approximate surface area is 250 Å². The van der Waals surface area contributed by atoms with Crippen molar-refractivity contribution in [3.05, 3.63) is 77.4 Å². The molecule has 0 spiro atoms. The van der Waals surface area contributed by atoms with Gasteiger partial charge in [0.1, 0.15) is 17.3 Å². The molecule has 43 heavy (non-hydrogen) atoms. The van der Waals surface area contributed by atoms with Gasteiger partial charge in [-0.15, -0.1) is 0 Å². The van der Waals surface area contributed by atoms with Gasteiger partial charge in [-0.25, -0.2) is 25.6 Å². The number of piperazine rings is 1. The van der Waals surface area contributed by atoms with Gasteiger partial charge in [-0.3, -0.25) is 0 Å². The van der Waals surface area contributed by atoms with Gasteiger partial charge in [-0.1, -0.05) is 31.1 Å². The van der Waals surface area contributed by atoms with Crippen LogP contribution < -0.4 is 4.90 Å². The summed E-state index contributed by atoms with van der Waals surface area (Å²) in [6.45, 7) is 4.78. The van der Waals surface area contributed by atoms with E-state index in [0.717, 1.165) is 31.0 Å². The lowest BCUT2D eigenvalue weighted by atomic mass is 9.77. The summed E-state index contributed by atoms with van der Waals surface area (Å²) >= 11 is 0. The Morgan fingerprint density at radius 2 is 1.37 bits per heavy atom. The van der Waals surface area contributed by atoms with Crippen LogP contribution in [0.3, 0.4) is 0 Å². The van der Waals surface area contributed by atoms with Crippen molar-refractivity contribution in [3.8, 4) is 11.1 Å². The molecule has 0 atom stereocenters. The first kappa shape index (κ1) is 29.7. The highest BCUT2D eigenvalue weighted by Crippen LogP contribution is 2.42. The number of nitrogens with zero attached hydrogens (tertiary/aromatic N) is 3. The normalized spacial score (nSPS) is 20.3. The van der Waals surface area contributed by atoms with Crippen LogP contribution in [0, 0.1) is 17.0 Å². The van der Waals surface area contributed by atoms with Gasteiger partial charge in [0.25, 0.3) is 0 Å². The maximum Gasteiger partial charge on any atom is 0.243 e. The highest BCUT2D eigenvalue weighted by Gasteiger charge is 2.37. The minimum atomic E-state index is -3.98. The average Bonchev–Trinajstić information content (AvgIpc) is 3.30. The number of anilines is 1. The molecule has 1 saturated carbocycles. The zero-order valence-corrected chi connectivity index (χ0v) is 25.6. The third-order valence-electron chi connectivity index (χ3n) is 9.06. The van der Waals surface area contributed by atoms with Crippen LogP contribution in [-0.2, 0) is 19.9 Å². The van der Waals surface area contributed by atoms with E-state index in [-0.39, 0.29) is 52.8 Å². The number of benzene rings is 3. The first-order valence-electron chi connectivity index (χ1n) is 14.3. The molecule has 2 aliphatic carbocycles. The largest absolute Gasteiger partial charge is 0.410 e. The topological polar surface area (TPSA) is 107 Å². The summed E-state index contributed by atoms with van der Waals surface area (Å²) < 4.78 is 83.6. The molecule has 6 rings (SSSR count). The van der Waals surface area contributed by atoms with Crippen molar-refractivity contribution in [2.75, 3.05) is 31.1 Å². The maximum absolute atomic E-state index is 14.3. The molecule has 1 saturated heterocycles. The summed E-state index contributed by atoms with van der Waals surface area (Å²) in [6.07, 6.45) is 2.82. The van der Waals surface area contributed by atoms with Crippen LogP contribution >= 0.6 is 0 Å². The second kappa shape index (κ2) is 10.7. The van der Waals surface area contributed by atoms with Gasteiger partial charge < -0.3 is 10.1 Å². The molecule has 228 valence electrons. The fourth-order valence-corrected chi connectivity index (χ4v) is 9.65. The summed E-state index contributed by atoms with van der Waals surface area (Å²) in [7, 11) is -7.59. The van der Waals surface area contributed by atoms with E-state index in [1.54, 1.807) is 23.1 Å². The summed E-state index contributed by atoms with van der Waals surface area (Å²) in [5.74, 6) is -1.15. The summed E-state index contributed by atoms with van der Waals surface area (Å²) in [6, 6.07) is 12.5. The van der Waals surface area contributed by atoms with Crippen LogP contribution in [0.1, 0.15) is 50.7 Å². The molecule has 0 unspecified atom stereocenters. The monoisotopic (exact) mass is 629 g/mol. The lowest BCUT2D eigenvalue weighted by Gasteiger charge is -2.35. The highest BCUT2D eigenvalue weighted by atomic mass is 32.2. The van der Waals surface area contributed by atoms with Crippen LogP contribution in [0.15, 0.2) is 69.5 Å². The number of fused-ring (bicyclic) bond motifs is 3. The average molecular weight is 630 g/mol. The van der Waals surface area contributed by atoms with E-state index in [4.69, 9.17) is 0 Å². The van der Waals surface area contributed by atoms with E-state index in [1.807, 2.05) is 0 Å². The zero-order chi connectivity index (χ0) is 30.7. The minimum Gasteiger partial charge on any atom is -0.410 e. The third kappa shape index (κ3) is 5.23. The number of halogens is 2. The number of oxime groups is 1. The molecule has 8 nitrogen and oxygen atoms in total. The number of hydrogen-bond donors (Lipinski definition) is 1. The summed E-state index contributed by atoms with van der Waals surface area (Å²) in [5, 5.41) is 13.0. The standard InChI is InChI=1S/C31H33F2N3O5S2/c1-31(2)11-9-21(10-12-31)42(38,39)22-4-6-24-25-7-5-23(19-27(25)30(34-37)26(24)18-22)43(40,41)36-15-13-35(14-16-36)29-17-20(32)3-8-28(29)33/h3-8,17-19,21,37H,9-16H2,1-2H3/b34-30-. The van der Waals surface area contributed by atoms with Crippen molar-refractivity contribution < 1.29 is 30.8 Å². The van der Waals surface area contributed by atoms with Crippen molar-refractivity contribution in [1.82, 2.24) is 4.31 Å². The minimum absolute atomic E-state index is 0.0109. The number of sulfonamides is 1. The lowest BCUT2D eigenvalue weighted by Crippen LogP contribution is -2.49. The SMILES string of the molecule is CC1(C)CCC(S(=O)(=O)c2ccc3c(c2)/C(=N/O)c2cc(S(=O)(=O)N4CCN(c5cc(F)ccc5F)CC4)ccc2-3)CC1. The Kier molecular flexibility index (Phi) is 7.37. The molecule has 3 aromatic rings. The molecular formula is C31H33F2N3O5S2. The van der Waals surface area contributed by atoms with Gasteiger partial charge in [-0.05, 0) is 78.6 Å². The second-order valence-electron chi connectivity index (χ2n) is 12.3. The quantitative estimate of drug-likeness (QED) is 0.233. The number of hydrogen-bond acceptors (Lipinski definition) is 7. The smallest absolute Gasteiger partial charge is 0.243 e. The van der Waals surface area contributed by atoms with Crippen LogP contribution in [-0.4, -0.2) is 63.5 Å². The van der Waals surface area contributed by atoms with Crippen LogP contribution in [0.2, 0.25) is 0 Å². The molecular weight excluding hydrogens is 596 g/mol. The third-order valence-corrected chi connectivity index (χ3v) is 13.2. The Balaban J connectivity index is 1.25. The summed E-state index contributed by atoms with van der Waals surface area (Å²) in [5.41, 5.74) is 2.41. The maximum atomic E-state index is 14.3. The molecule has 1 N–H and O–H groups in total. The van der Waals surface area contributed by atoms with E-state index in [9.17, 15) is 30.8 Å². The van der Waals surface area contributed by atoms with Crippen LogP contribution in [0.25, 0.3) is 11.1 Å². The Morgan fingerprint density at radius 1 is 0.791 bits per heavy atom. The van der Waals surface area contributed by atoms with Gasteiger partial charge in [0.15, 0.2) is 9.84 Å². The molecule has 3 aromatic carbocycles. The summed E-state index contributed by atoms with van der Waals surface area (Å²) in [4.78, 5) is 1.76. The predicted octanol–water partition coefficient (Wildman–Crippen LogP) is 5.43. The zero-order valence-electron chi connectivity index (χ0n) is 23.9. The van der Waals surface area contributed by atoms with E-state index in [1.165, 1.54) is 22.5 Å². The number of sulfone groups is 1. The van der Waals surface area contributed by atoms with Crippen molar-refractivity contribution >= 4 is 31.3 Å². The van der Waals surface area contributed by atoms with Crippen LogP contribution in [0.5, 0.6) is 0 Å². The van der Waals surface area contributed by atoms with E-state index < -0.39 is 36.7 Å². The van der Waals surface area contributed by atoms with Gasteiger partial charge >= 0.3 is 0 Å². The first-order valence-corrected chi connectivity index (χ1v) is 17.3. The molecule has 3 aliphatic rings. The molecule has 0 aromatic heterocycles.